The number of hydrogen-bond acceptors (Lipinski definition) is 3. The highest BCUT2D eigenvalue weighted by Gasteiger charge is 2.07. The zero-order valence-electron chi connectivity index (χ0n) is 8.84. The van der Waals surface area contributed by atoms with Gasteiger partial charge in [0.2, 0.25) is 5.95 Å². The molecule has 17 heavy (non-hydrogen) atoms. The van der Waals surface area contributed by atoms with Gasteiger partial charge in [0.25, 0.3) is 0 Å². The first-order valence-corrected chi connectivity index (χ1v) is 5.95. The fourth-order valence-electron chi connectivity index (χ4n) is 1.63. The standard InChI is InChI=1S/C12H9BrN4/c13-10-7-4-8-11-15-16-12(17(10)11)14-9-5-2-1-3-6-9/h1-8H,(H,14,16). The number of hydrogen-bond donors (Lipinski definition) is 1. The molecular weight excluding hydrogens is 280 g/mol. The third kappa shape index (κ3) is 1.89. The molecule has 0 aliphatic heterocycles. The van der Waals surface area contributed by atoms with Crippen molar-refractivity contribution in [1.29, 1.82) is 0 Å². The molecule has 0 saturated heterocycles. The number of pyridine rings is 1. The van der Waals surface area contributed by atoms with E-state index in [1.807, 2.05) is 52.9 Å². The van der Waals surface area contributed by atoms with Crippen LogP contribution in [0.4, 0.5) is 11.6 Å². The topological polar surface area (TPSA) is 42.2 Å². The molecule has 4 nitrogen and oxygen atoms in total. The highest BCUT2D eigenvalue weighted by atomic mass is 79.9. The molecule has 0 radical (unpaired) electrons. The monoisotopic (exact) mass is 288 g/mol. The normalized spacial score (nSPS) is 10.6. The summed E-state index contributed by atoms with van der Waals surface area (Å²) in [7, 11) is 0. The van der Waals surface area contributed by atoms with Crippen LogP contribution in [0.2, 0.25) is 0 Å². The van der Waals surface area contributed by atoms with Crippen LogP contribution in [0.1, 0.15) is 0 Å². The number of anilines is 2. The van der Waals surface area contributed by atoms with Gasteiger partial charge in [-0.2, -0.15) is 0 Å². The lowest BCUT2D eigenvalue weighted by Crippen LogP contribution is -1.97. The van der Waals surface area contributed by atoms with E-state index in [0.29, 0.717) is 5.95 Å². The highest BCUT2D eigenvalue weighted by molar-refractivity contribution is 9.10. The van der Waals surface area contributed by atoms with Gasteiger partial charge in [-0.25, -0.2) is 0 Å². The van der Waals surface area contributed by atoms with E-state index in [0.717, 1.165) is 15.9 Å². The Kier molecular flexibility index (Phi) is 2.53. The Morgan fingerprint density at radius 1 is 0.941 bits per heavy atom. The van der Waals surface area contributed by atoms with Crippen molar-refractivity contribution >= 4 is 33.2 Å². The first-order chi connectivity index (χ1) is 8.34. The number of halogens is 1. The largest absolute Gasteiger partial charge is 0.324 e. The molecular formula is C12H9BrN4. The first kappa shape index (κ1) is 10.3. The molecule has 2 aromatic heterocycles. The smallest absolute Gasteiger partial charge is 0.234 e. The van der Waals surface area contributed by atoms with Gasteiger partial charge < -0.3 is 5.32 Å². The fraction of sp³-hybridized carbons (Fsp3) is 0. The van der Waals surface area contributed by atoms with Crippen LogP contribution >= 0.6 is 15.9 Å². The Hall–Kier alpha value is -1.88. The number of benzene rings is 1. The van der Waals surface area contributed by atoms with Crippen molar-refractivity contribution in [3.05, 3.63) is 53.1 Å². The third-order valence-corrected chi connectivity index (χ3v) is 3.03. The molecule has 3 rings (SSSR count). The van der Waals surface area contributed by atoms with Crippen molar-refractivity contribution < 1.29 is 0 Å². The second kappa shape index (κ2) is 4.18. The molecule has 0 saturated carbocycles. The number of nitrogens with zero attached hydrogens (tertiary/aromatic N) is 3. The summed E-state index contributed by atoms with van der Waals surface area (Å²) in [6.45, 7) is 0. The van der Waals surface area contributed by atoms with Crippen molar-refractivity contribution in [3.8, 4) is 0 Å². The lowest BCUT2D eigenvalue weighted by molar-refractivity contribution is 1.10. The Labute approximate surface area is 106 Å². The van der Waals surface area contributed by atoms with Gasteiger partial charge in [-0.05, 0) is 40.2 Å². The van der Waals surface area contributed by atoms with Crippen LogP contribution in [-0.4, -0.2) is 14.6 Å². The van der Waals surface area contributed by atoms with E-state index in [1.165, 1.54) is 0 Å². The molecule has 1 N–H and O–H groups in total. The number of aromatic nitrogens is 3. The predicted octanol–water partition coefficient (Wildman–Crippen LogP) is 3.24. The Morgan fingerprint density at radius 2 is 1.76 bits per heavy atom. The van der Waals surface area contributed by atoms with Crippen molar-refractivity contribution in [1.82, 2.24) is 14.6 Å². The fourth-order valence-corrected chi connectivity index (χ4v) is 2.14. The highest BCUT2D eigenvalue weighted by Crippen LogP contribution is 2.20. The molecule has 0 atom stereocenters. The molecule has 0 unspecified atom stereocenters. The molecule has 3 aromatic rings. The molecule has 2 heterocycles. The summed E-state index contributed by atoms with van der Waals surface area (Å²) in [5, 5.41) is 11.4. The Bertz CT molecular complexity index is 648. The zero-order chi connectivity index (χ0) is 11.7. The molecule has 0 bridgehead atoms. The van der Waals surface area contributed by atoms with Crippen molar-refractivity contribution in [2.75, 3.05) is 5.32 Å². The maximum absolute atomic E-state index is 4.12. The van der Waals surface area contributed by atoms with Gasteiger partial charge in [-0.3, -0.25) is 4.40 Å². The second-order valence-corrected chi connectivity index (χ2v) is 4.37. The van der Waals surface area contributed by atoms with Crippen LogP contribution in [0.15, 0.2) is 53.1 Å². The van der Waals surface area contributed by atoms with Crippen LogP contribution in [0.3, 0.4) is 0 Å². The lowest BCUT2D eigenvalue weighted by Gasteiger charge is -2.04. The maximum Gasteiger partial charge on any atom is 0.234 e. The van der Waals surface area contributed by atoms with Gasteiger partial charge in [0.1, 0.15) is 0 Å². The number of nitrogens with one attached hydrogen (secondary N) is 1. The van der Waals surface area contributed by atoms with E-state index in [4.69, 9.17) is 0 Å². The number of fused-ring (bicyclic) bond motifs is 1. The Balaban J connectivity index is 2.07. The molecule has 0 aliphatic rings. The van der Waals surface area contributed by atoms with E-state index in [-0.39, 0.29) is 0 Å². The minimum Gasteiger partial charge on any atom is -0.324 e. The molecule has 0 aliphatic carbocycles. The Morgan fingerprint density at radius 3 is 2.59 bits per heavy atom. The summed E-state index contributed by atoms with van der Waals surface area (Å²) in [4.78, 5) is 0. The second-order valence-electron chi connectivity index (χ2n) is 3.56. The van der Waals surface area contributed by atoms with Crippen molar-refractivity contribution in [2.45, 2.75) is 0 Å². The molecule has 5 heteroatoms. The third-order valence-electron chi connectivity index (χ3n) is 2.41. The van der Waals surface area contributed by atoms with Crippen LogP contribution in [0, 0.1) is 0 Å². The summed E-state index contributed by atoms with van der Waals surface area (Å²) in [5.74, 6) is 0.693. The summed E-state index contributed by atoms with van der Waals surface area (Å²) in [6, 6.07) is 15.7. The summed E-state index contributed by atoms with van der Waals surface area (Å²) >= 11 is 3.48. The van der Waals surface area contributed by atoms with Gasteiger partial charge in [0.15, 0.2) is 5.65 Å². The summed E-state index contributed by atoms with van der Waals surface area (Å²) in [6.07, 6.45) is 0. The molecule has 1 aromatic carbocycles. The van der Waals surface area contributed by atoms with E-state index >= 15 is 0 Å². The first-order valence-electron chi connectivity index (χ1n) is 5.16. The number of para-hydroxylation sites is 1. The lowest BCUT2D eigenvalue weighted by atomic mass is 10.3. The van der Waals surface area contributed by atoms with Gasteiger partial charge >= 0.3 is 0 Å². The average molecular weight is 289 g/mol. The predicted molar refractivity (Wildman–Crippen MR) is 70.4 cm³/mol. The summed E-state index contributed by atoms with van der Waals surface area (Å²) < 4.78 is 2.82. The van der Waals surface area contributed by atoms with E-state index in [9.17, 15) is 0 Å². The van der Waals surface area contributed by atoms with Crippen LogP contribution in [0.25, 0.3) is 5.65 Å². The zero-order valence-corrected chi connectivity index (χ0v) is 10.4. The van der Waals surface area contributed by atoms with Crippen LogP contribution < -0.4 is 5.32 Å². The van der Waals surface area contributed by atoms with Gasteiger partial charge in [0, 0.05) is 5.69 Å². The van der Waals surface area contributed by atoms with Crippen LogP contribution in [0.5, 0.6) is 0 Å². The number of rotatable bonds is 2. The minimum absolute atomic E-state index is 0.693. The van der Waals surface area contributed by atoms with Gasteiger partial charge in [-0.1, -0.05) is 24.3 Å². The quantitative estimate of drug-likeness (QED) is 0.736. The molecule has 0 spiro atoms. The molecule has 0 fully saturated rings. The molecule has 0 amide bonds. The van der Waals surface area contributed by atoms with Crippen molar-refractivity contribution in [2.24, 2.45) is 0 Å². The average Bonchev–Trinajstić information content (AvgIpc) is 2.75. The van der Waals surface area contributed by atoms with Gasteiger partial charge in [-0.15, -0.1) is 10.2 Å². The summed E-state index contributed by atoms with van der Waals surface area (Å²) in [5.41, 5.74) is 1.79. The van der Waals surface area contributed by atoms with E-state index in [1.54, 1.807) is 0 Å². The van der Waals surface area contributed by atoms with Crippen LogP contribution in [-0.2, 0) is 0 Å². The SMILES string of the molecule is Brc1cccc2nnc(Nc3ccccc3)n12. The van der Waals surface area contributed by atoms with E-state index in [2.05, 4.69) is 31.4 Å². The maximum atomic E-state index is 4.12. The minimum atomic E-state index is 0.693. The van der Waals surface area contributed by atoms with Crippen molar-refractivity contribution in [3.63, 3.8) is 0 Å². The van der Waals surface area contributed by atoms with E-state index < -0.39 is 0 Å². The van der Waals surface area contributed by atoms with Gasteiger partial charge in [0.05, 0.1) is 4.60 Å². The molecule has 84 valence electrons.